The van der Waals surface area contributed by atoms with Crippen molar-refractivity contribution in [3.63, 3.8) is 0 Å². The summed E-state index contributed by atoms with van der Waals surface area (Å²) in [5.41, 5.74) is 1.74. The molecule has 28 heavy (non-hydrogen) atoms. The maximum absolute atomic E-state index is 12.4. The van der Waals surface area contributed by atoms with E-state index in [2.05, 4.69) is 5.32 Å². The van der Waals surface area contributed by atoms with Crippen LogP contribution in [0.4, 0.5) is 5.00 Å². The third kappa shape index (κ3) is 3.87. The number of carbonyl (C=O) groups is 3. The second-order valence-electron chi connectivity index (χ2n) is 6.35. The van der Waals surface area contributed by atoms with Gasteiger partial charge in [0.2, 0.25) is 0 Å². The lowest BCUT2D eigenvalue weighted by Crippen LogP contribution is -2.22. The molecule has 1 atom stereocenters. The van der Waals surface area contributed by atoms with Crippen LogP contribution >= 0.6 is 11.3 Å². The number of aryl methyl sites for hydroxylation is 2. The average molecular weight is 403 g/mol. The number of hydrogen-bond acceptors (Lipinski definition) is 7. The molecule has 1 aromatic heterocycles. The summed E-state index contributed by atoms with van der Waals surface area (Å²) in [5, 5.41) is 3.09. The van der Waals surface area contributed by atoms with Gasteiger partial charge in [-0.2, -0.15) is 0 Å². The Hall–Kier alpha value is -2.87. The summed E-state index contributed by atoms with van der Waals surface area (Å²) in [7, 11) is 2.58. The lowest BCUT2D eigenvalue weighted by atomic mass is 9.99. The Morgan fingerprint density at radius 3 is 2.61 bits per heavy atom. The highest BCUT2D eigenvalue weighted by Gasteiger charge is 2.38. The van der Waals surface area contributed by atoms with Gasteiger partial charge in [-0.05, 0) is 37.0 Å². The molecule has 1 amide bonds. The van der Waals surface area contributed by atoms with Gasteiger partial charge in [0, 0.05) is 4.88 Å². The number of carbonyl (C=O) groups excluding carboxylic acids is 3. The predicted octanol–water partition coefficient (Wildman–Crippen LogP) is 3.06. The van der Waals surface area contributed by atoms with Crippen LogP contribution in [0.15, 0.2) is 24.3 Å². The molecule has 8 heteroatoms. The van der Waals surface area contributed by atoms with E-state index in [1.54, 1.807) is 6.07 Å². The zero-order chi connectivity index (χ0) is 20.3. The van der Waals surface area contributed by atoms with Crippen molar-refractivity contribution in [3.8, 4) is 5.75 Å². The van der Waals surface area contributed by atoms with Gasteiger partial charge in [-0.1, -0.05) is 18.2 Å². The molecule has 0 saturated carbocycles. The maximum atomic E-state index is 12.4. The Labute approximate surface area is 166 Å². The van der Waals surface area contributed by atoms with Crippen molar-refractivity contribution in [2.75, 3.05) is 26.1 Å². The predicted molar refractivity (Wildman–Crippen MR) is 104 cm³/mol. The van der Waals surface area contributed by atoms with E-state index >= 15 is 0 Å². The zero-order valence-corrected chi connectivity index (χ0v) is 16.7. The van der Waals surface area contributed by atoms with Crippen molar-refractivity contribution >= 4 is 34.2 Å². The van der Waals surface area contributed by atoms with E-state index < -0.39 is 23.8 Å². The largest absolute Gasteiger partial charge is 0.483 e. The van der Waals surface area contributed by atoms with Crippen LogP contribution in [0.3, 0.4) is 0 Å². The fourth-order valence-corrected chi connectivity index (χ4v) is 4.54. The molecule has 1 aliphatic rings. The van der Waals surface area contributed by atoms with Crippen molar-refractivity contribution in [1.29, 1.82) is 0 Å². The summed E-state index contributed by atoms with van der Waals surface area (Å²) < 4.78 is 15.3. The molecule has 1 aromatic carbocycles. The first kappa shape index (κ1) is 19.9. The summed E-state index contributed by atoms with van der Waals surface area (Å²) in [5.74, 6) is -1.31. The van der Waals surface area contributed by atoms with E-state index in [-0.39, 0.29) is 12.2 Å². The fourth-order valence-electron chi connectivity index (χ4n) is 3.26. The molecule has 0 bridgehead atoms. The smallest absolute Gasteiger partial charge is 0.341 e. The molecule has 148 valence electrons. The zero-order valence-electron chi connectivity index (χ0n) is 15.9. The topological polar surface area (TPSA) is 90.9 Å². The van der Waals surface area contributed by atoms with Crippen molar-refractivity contribution in [2.24, 2.45) is 0 Å². The molecule has 2 aromatic rings. The maximum Gasteiger partial charge on any atom is 0.341 e. The van der Waals surface area contributed by atoms with Crippen LogP contribution in [-0.4, -0.2) is 38.7 Å². The quantitative estimate of drug-likeness (QED) is 0.746. The molecule has 0 radical (unpaired) electrons. The van der Waals surface area contributed by atoms with Crippen LogP contribution in [0.25, 0.3) is 0 Å². The number of esters is 2. The van der Waals surface area contributed by atoms with E-state index in [1.807, 2.05) is 25.1 Å². The highest BCUT2D eigenvalue weighted by Crippen LogP contribution is 2.45. The van der Waals surface area contributed by atoms with E-state index in [0.29, 0.717) is 29.2 Å². The third-order valence-electron chi connectivity index (χ3n) is 4.61. The molecule has 1 aliphatic carbocycles. The summed E-state index contributed by atoms with van der Waals surface area (Å²) in [6, 6.07) is 7.38. The molecule has 1 N–H and O–H groups in total. The van der Waals surface area contributed by atoms with Crippen molar-refractivity contribution < 1.29 is 28.6 Å². The molecule has 0 spiro atoms. The van der Waals surface area contributed by atoms with E-state index in [4.69, 9.17) is 14.2 Å². The number of methoxy groups -OCH3 is 2. The van der Waals surface area contributed by atoms with Crippen LogP contribution in [0, 0.1) is 6.92 Å². The minimum Gasteiger partial charge on any atom is -0.483 e. The van der Waals surface area contributed by atoms with Crippen LogP contribution < -0.4 is 10.1 Å². The minimum atomic E-state index is -0.594. The number of para-hydroxylation sites is 1. The number of fused-ring (bicyclic) bond motifs is 1. The van der Waals surface area contributed by atoms with Gasteiger partial charge in [-0.3, -0.25) is 9.59 Å². The highest BCUT2D eigenvalue weighted by molar-refractivity contribution is 7.17. The van der Waals surface area contributed by atoms with Crippen molar-refractivity contribution in [1.82, 2.24) is 0 Å². The molecular weight excluding hydrogens is 382 g/mol. The first-order valence-corrected chi connectivity index (χ1v) is 9.57. The van der Waals surface area contributed by atoms with Gasteiger partial charge < -0.3 is 19.5 Å². The highest BCUT2D eigenvalue weighted by atomic mass is 32.1. The molecule has 3 rings (SSSR count). The normalized spacial score (nSPS) is 14.9. The second-order valence-corrected chi connectivity index (χ2v) is 7.46. The molecule has 0 saturated heterocycles. The van der Waals surface area contributed by atoms with Crippen molar-refractivity contribution in [3.05, 3.63) is 45.8 Å². The number of hydrogen-bond donors (Lipinski definition) is 1. The van der Waals surface area contributed by atoms with Gasteiger partial charge in [0.15, 0.2) is 6.61 Å². The number of benzene rings is 1. The first-order valence-electron chi connectivity index (χ1n) is 8.76. The molecule has 0 fully saturated rings. The van der Waals surface area contributed by atoms with Gasteiger partial charge in [0.25, 0.3) is 5.91 Å². The third-order valence-corrected chi connectivity index (χ3v) is 5.79. The Morgan fingerprint density at radius 2 is 1.93 bits per heavy atom. The summed E-state index contributed by atoms with van der Waals surface area (Å²) in [6.45, 7) is 1.69. The monoisotopic (exact) mass is 403 g/mol. The Morgan fingerprint density at radius 1 is 1.18 bits per heavy atom. The Bertz CT molecular complexity index is 919. The van der Waals surface area contributed by atoms with Crippen LogP contribution in [-0.2, 0) is 25.5 Å². The van der Waals surface area contributed by atoms with Gasteiger partial charge in [-0.25, -0.2) is 4.79 Å². The number of ether oxygens (including phenoxy) is 3. The lowest BCUT2D eigenvalue weighted by Gasteiger charge is -2.12. The van der Waals surface area contributed by atoms with Crippen LogP contribution in [0.5, 0.6) is 5.75 Å². The van der Waals surface area contributed by atoms with Crippen LogP contribution in [0.2, 0.25) is 0 Å². The summed E-state index contributed by atoms with van der Waals surface area (Å²) in [4.78, 5) is 37.7. The second kappa shape index (κ2) is 8.43. The standard InChI is InChI=1S/C20H21NO6S/c1-11-6-4-5-7-13(11)27-10-15(22)21-18-17(20(24)26-3)16-12(19(23)25-2)8-9-14(16)28-18/h4-7,12H,8-10H2,1-3H3,(H,21,22)/t12-/m1/s1. The SMILES string of the molecule is COC(=O)c1c(NC(=O)COc2ccccc2C)sc2c1[C@H](C(=O)OC)CC2. The Kier molecular flexibility index (Phi) is 5.99. The molecule has 0 aliphatic heterocycles. The lowest BCUT2D eigenvalue weighted by molar-refractivity contribution is -0.142. The molecule has 1 heterocycles. The minimum absolute atomic E-state index is 0.200. The summed E-state index contributed by atoms with van der Waals surface area (Å²) in [6.07, 6.45) is 1.21. The molecular formula is C20H21NO6S. The Balaban J connectivity index is 1.80. The number of amides is 1. The number of anilines is 1. The van der Waals surface area contributed by atoms with Gasteiger partial charge >= 0.3 is 11.9 Å². The van der Waals surface area contributed by atoms with E-state index in [1.165, 1.54) is 25.6 Å². The van der Waals surface area contributed by atoms with Gasteiger partial charge in [0.1, 0.15) is 10.8 Å². The first-order chi connectivity index (χ1) is 13.5. The summed E-state index contributed by atoms with van der Waals surface area (Å²) >= 11 is 1.28. The van der Waals surface area contributed by atoms with E-state index in [9.17, 15) is 14.4 Å². The van der Waals surface area contributed by atoms with Gasteiger partial charge in [-0.15, -0.1) is 11.3 Å². The van der Waals surface area contributed by atoms with Crippen molar-refractivity contribution in [2.45, 2.75) is 25.7 Å². The number of rotatable bonds is 6. The van der Waals surface area contributed by atoms with E-state index in [0.717, 1.165) is 10.4 Å². The molecule has 7 nitrogen and oxygen atoms in total. The number of nitrogens with one attached hydrogen (secondary N) is 1. The fraction of sp³-hybridized carbons (Fsp3) is 0.350. The number of thiophene rings is 1. The van der Waals surface area contributed by atoms with Crippen LogP contribution in [0.1, 0.15) is 38.7 Å². The molecule has 0 unspecified atom stereocenters. The van der Waals surface area contributed by atoms with Gasteiger partial charge in [0.05, 0.1) is 25.7 Å². The average Bonchev–Trinajstić information content (AvgIpc) is 3.24.